The first-order valence-corrected chi connectivity index (χ1v) is 33.0. The van der Waals surface area contributed by atoms with Crippen LogP contribution in [0.4, 0.5) is 10.5 Å². The van der Waals surface area contributed by atoms with Gasteiger partial charge in [-0.25, -0.2) is 4.79 Å². The molecule has 31 nitrogen and oxygen atoms in total. The Morgan fingerprint density at radius 2 is 1.19 bits per heavy atom. The second-order valence-corrected chi connectivity index (χ2v) is 25.7. The molecule has 105 heavy (non-hydrogen) atoms. The number of hydrogen-bond acceptors (Lipinski definition) is 23. The van der Waals surface area contributed by atoms with Crippen molar-refractivity contribution in [2.24, 2.45) is 0 Å². The minimum atomic E-state index is -2.12. The molecule has 8 atom stereocenters. The van der Waals surface area contributed by atoms with Crippen LogP contribution in [0.3, 0.4) is 0 Å². The number of nitrogens with one attached hydrogen (secondary N) is 7. The third-order valence-electron chi connectivity index (χ3n) is 17.3. The summed E-state index contributed by atoms with van der Waals surface area (Å²) in [6.45, 7) is 4.61. The van der Waals surface area contributed by atoms with Crippen molar-refractivity contribution in [2.45, 2.75) is 81.2 Å². The molecule has 0 spiro atoms. The van der Waals surface area contributed by atoms with Crippen LogP contribution < -0.4 is 79.8 Å². The third kappa shape index (κ3) is 16.6. The van der Waals surface area contributed by atoms with Gasteiger partial charge >= 0.3 is 11.8 Å². The van der Waals surface area contributed by atoms with E-state index >= 15 is 28.8 Å². The first kappa shape index (κ1) is 74.5. The number of rotatable bonds is 15. The van der Waals surface area contributed by atoms with Crippen molar-refractivity contribution < 1.29 is 105 Å². The predicted octanol–water partition coefficient (Wildman–Crippen LogP) is 8.18. The summed E-state index contributed by atoms with van der Waals surface area (Å²) in [4.78, 5) is 121. The molecule has 6 heterocycles. The number of nitrogens with zero attached hydrogens (tertiary/aromatic N) is 1. The van der Waals surface area contributed by atoms with Crippen LogP contribution >= 0.6 is 11.6 Å². The number of alkyl carbamates (subject to hydrolysis) is 1. The molecule has 32 heteroatoms. The molecule has 6 aliphatic heterocycles. The first-order valence-electron chi connectivity index (χ1n) is 32.6. The fraction of sp³-hybridized carbons (Fsp3) is 0.329. The number of ether oxygens (including phenoxy) is 13. The van der Waals surface area contributed by atoms with Gasteiger partial charge in [0.2, 0.25) is 46.9 Å². The summed E-state index contributed by atoms with van der Waals surface area (Å²) >= 11 is 7.09. The molecule has 13 rings (SSSR count). The highest BCUT2D eigenvalue weighted by Gasteiger charge is 2.42. The third-order valence-corrected chi connectivity index (χ3v) is 17.6. The largest absolute Gasteiger partial charge is 0.497 e. The Morgan fingerprint density at radius 3 is 1.85 bits per heavy atom. The topological polar surface area (TPSA) is 387 Å². The summed E-state index contributed by atoms with van der Waals surface area (Å²) in [5.41, 5.74) is -1.24. The maximum absolute atomic E-state index is 16.4. The Kier molecular flexibility index (Phi) is 22.7. The molecule has 7 aromatic carbocycles. The van der Waals surface area contributed by atoms with Crippen molar-refractivity contribution in [3.63, 3.8) is 0 Å². The number of methoxy groups -OCH3 is 7. The zero-order chi connectivity index (χ0) is 75.1. The summed E-state index contributed by atoms with van der Waals surface area (Å²) < 4.78 is 77.2. The van der Waals surface area contributed by atoms with Crippen LogP contribution in [0.15, 0.2) is 115 Å². The van der Waals surface area contributed by atoms with Crippen molar-refractivity contribution in [1.29, 1.82) is 0 Å². The summed E-state index contributed by atoms with van der Waals surface area (Å²) in [5.74, 6) is -7.59. The number of hydrogen-bond donors (Lipinski definition) is 8. The van der Waals surface area contributed by atoms with Crippen LogP contribution in [-0.4, -0.2) is 146 Å². The lowest BCUT2D eigenvalue weighted by Crippen LogP contribution is -2.55. The van der Waals surface area contributed by atoms with E-state index in [2.05, 4.69) is 37.2 Å². The summed E-state index contributed by atoms with van der Waals surface area (Å²) in [6, 6.07) is 13.5. The quantitative estimate of drug-likeness (QED) is 0.0207. The van der Waals surface area contributed by atoms with Gasteiger partial charge in [0.05, 0.1) is 78.5 Å². The van der Waals surface area contributed by atoms with Crippen LogP contribution in [0.5, 0.6) is 69.0 Å². The van der Waals surface area contributed by atoms with Crippen molar-refractivity contribution in [3.8, 4) is 80.1 Å². The number of carbonyl (C=O) groups excluding carboxylic acids is 7. The smallest absolute Gasteiger partial charge is 0.408 e. The van der Waals surface area contributed by atoms with E-state index in [1.54, 1.807) is 32.9 Å². The van der Waals surface area contributed by atoms with Gasteiger partial charge in [-0.2, -0.15) is 0 Å². The molecule has 0 saturated carbocycles. The van der Waals surface area contributed by atoms with Crippen molar-refractivity contribution in [1.82, 2.24) is 37.2 Å². The summed E-state index contributed by atoms with van der Waals surface area (Å²) in [6.07, 6.45) is -3.57. The highest BCUT2D eigenvalue weighted by atomic mass is 35.5. The summed E-state index contributed by atoms with van der Waals surface area (Å²) in [7, 11) is 9.59. The number of carbonyl (C=O) groups is 7. The van der Waals surface area contributed by atoms with E-state index in [0.717, 1.165) is 6.07 Å². The zero-order valence-electron chi connectivity index (χ0n) is 58.4. The Hall–Kier alpha value is -11.6. The molecule has 0 aliphatic carbocycles. The molecule has 6 aliphatic rings. The van der Waals surface area contributed by atoms with E-state index in [4.69, 9.17) is 73.2 Å². The second kappa shape index (κ2) is 31.9. The molecule has 0 aromatic heterocycles. The molecule has 552 valence electrons. The van der Waals surface area contributed by atoms with Crippen LogP contribution in [0.1, 0.15) is 96.0 Å². The highest BCUT2D eigenvalue weighted by molar-refractivity contribution is 6.32. The van der Waals surface area contributed by atoms with Gasteiger partial charge in [-0.1, -0.05) is 35.9 Å². The minimum absolute atomic E-state index is 0.0124. The molecule has 0 unspecified atom stereocenters. The van der Waals surface area contributed by atoms with Crippen molar-refractivity contribution >= 4 is 58.8 Å². The molecule has 0 saturated heterocycles. The van der Waals surface area contributed by atoms with Crippen LogP contribution in [0.2, 0.25) is 5.02 Å². The van der Waals surface area contributed by atoms with Gasteiger partial charge in [0.1, 0.15) is 89.2 Å². The van der Waals surface area contributed by atoms with Gasteiger partial charge in [0.25, 0.3) is 0 Å². The molecule has 17 bridgehead atoms. The lowest BCUT2D eigenvalue weighted by molar-refractivity contribution is -0.385. The van der Waals surface area contributed by atoms with Crippen molar-refractivity contribution in [2.75, 3.05) is 76.4 Å². The molecule has 7 aromatic rings. The van der Waals surface area contributed by atoms with Crippen LogP contribution in [-0.2, 0) is 54.1 Å². The SMILES string of the molecule is COCCOCOC[C@H]1NC(=O)[C@H]2NC(=O)[C@H](NC(=O)[C@@H]3NC(=O)[C@H]4NC(=O)[C@@H](Cc5ccc(c([N+](=O)[O-])c5)Oc5cc3cc(c5OC)Oc3ccc(cc3Cl)[C@H]2O)NC(=O)[C@H](NC(=O)OC(C)(C)C)c2ccc(OC)c(c2)Oc2cc(OC)cc4c2)c2ccc(OC)c(c2)-c2c(OC)cc(OC)cc21. The maximum Gasteiger partial charge on any atom is 0.408 e. The Bertz CT molecular complexity index is 4550. The van der Waals surface area contributed by atoms with Gasteiger partial charge in [0.15, 0.2) is 23.0 Å². The zero-order valence-corrected chi connectivity index (χ0v) is 59.1. The first-order chi connectivity index (χ1) is 50.3. The average Bonchev–Trinajstić information content (AvgIpc) is 0.767. The number of benzene rings is 7. The van der Waals surface area contributed by atoms with Crippen molar-refractivity contribution in [3.05, 3.63) is 169 Å². The molecule has 0 fully saturated rings. The Morgan fingerprint density at radius 1 is 0.571 bits per heavy atom. The minimum Gasteiger partial charge on any atom is -0.497 e. The number of aliphatic hydroxyl groups excluding tert-OH is 1. The van der Waals surface area contributed by atoms with E-state index < -0.39 is 118 Å². The molecule has 7 amide bonds. The number of nitro groups is 1. The Balaban J connectivity index is 1.15. The number of amides is 7. The van der Waals surface area contributed by atoms with Gasteiger partial charge in [-0.05, 0) is 133 Å². The molecule has 0 radical (unpaired) electrons. The fourth-order valence-corrected chi connectivity index (χ4v) is 12.5. The number of fused-ring (bicyclic) bond motifs is 14. The van der Waals surface area contributed by atoms with E-state index in [-0.39, 0.29) is 139 Å². The van der Waals surface area contributed by atoms with E-state index in [1.165, 1.54) is 147 Å². The van der Waals surface area contributed by atoms with E-state index in [0.29, 0.717) is 5.56 Å². The lowest BCUT2D eigenvalue weighted by Gasteiger charge is -2.32. The van der Waals surface area contributed by atoms with E-state index in [9.17, 15) is 20.0 Å². The standard InChI is InChI=1S/C73H75ClN8O23/c1-73(2,3)105-72(90)81-60-37-13-18-53(97-8)54(27-37)102-43-24-39(23-41(30-43)94-5)61-69(87)79-62-40-28-56(65(99-10)57(29-40)104-52-15-11-35(22-49(52)82(91)92)21-47(66(84)77-61)75-67(60)85)103-51-17-14-38(26-46(51)74)64(83)63-71(89)76-48(33-101-34-100-20-19-93-4)44-31-42(95-6)32-55(98-9)58(44)45-25-36(12-16-50(45)96-7)59(68(86)80-63)78-70(62)88/h11-18,22-32,47-48,59-64,83H,19-21,33-34H2,1-10H3,(H,75,85)(H,76,89)(H,77,84)(H,78,88)(H,79,87)(H,80,86)(H,81,90)/t47-,48-,59-,60-,61+,62-,63+,64-/m1/s1. The van der Waals surface area contributed by atoms with Crippen LogP contribution in [0, 0.1) is 10.1 Å². The van der Waals surface area contributed by atoms with Gasteiger partial charge in [-0.15, -0.1) is 0 Å². The number of halogens is 1. The normalized spacial score (nSPS) is 20.0. The van der Waals surface area contributed by atoms with Gasteiger partial charge < -0.3 is 104 Å². The van der Waals surface area contributed by atoms with E-state index in [1.807, 2.05) is 0 Å². The highest BCUT2D eigenvalue weighted by Crippen LogP contribution is 2.49. The molecular weight excluding hydrogens is 1390 g/mol. The van der Waals surface area contributed by atoms with Crippen LogP contribution in [0.25, 0.3) is 11.1 Å². The predicted molar refractivity (Wildman–Crippen MR) is 372 cm³/mol. The maximum atomic E-state index is 16.4. The average molecular weight is 1470 g/mol. The Labute approximate surface area is 605 Å². The van der Waals surface area contributed by atoms with Gasteiger partial charge in [0, 0.05) is 42.9 Å². The monoisotopic (exact) mass is 1470 g/mol. The lowest BCUT2D eigenvalue weighted by atomic mass is 9.89. The second-order valence-electron chi connectivity index (χ2n) is 25.3. The molecular formula is C73H75ClN8O23. The summed E-state index contributed by atoms with van der Waals surface area (Å²) in [5, 5.41) is 45.0. The number of nitro benzene ring substituents is 1. The number of aliphatic hydroxyl groups is 1. The fourth-order valence-electron chi connectivity index (χ4n) is 12.3. The molecule has 8 N–H and O–H groups in total. The van der Waals surface area contributed by atoms with Gasteiger partial charge in [-0.3, -0.25) is 38.9 Å².